The van der Waals surface area contributed by atoms with E-state index in [1.54, 1.807) is 29.0 Å². The van der Waals surface area contributed by atoms with Gasteiger partial charge in [0.15, 0.2) is 4.67 Å². The van der Waals surface area contributed by atoms with E-state index < -0.39 is 0 Å². The second kappa shape index (κ2) is 7.52. The largest absolute Gasteiger partial charge is 0.496 e. The number of methoxy groups -OCH3 is 1. The molecule has 1 aromatic heterocycles. The van der Waals surface area contributed by atoms with Crippen LogP contribution in [0.1, 0.15) is 23.2 Å². The predicted molar refractivity (Wildman–Crippen MR) is 102 cm³/mol. The lowest BCUT2D eigenvalue weighted by Gasteiger charge is -2.35. The van der Waals surface area contributed by atoms with E-state index in [0.29, 0.717) is 54.4 Å². The Labute approximate surface area is 165 Å². The van der Waals surface area contributed by atoms with Gasteiger partial charge in [-0.3, -0.25) is 9.59 Å². The molecule has 2 amide bonds. The Morgan fingerprint density at radius 2 is 1.89 bits per heavy atom. The highest BCUT2D eigenvalue weighted by molar-refractivity contribution is 9.10. The normalized spacial score (nSPS) is 20.3. The topological polar surface area (TPSA) is 72.2 Å². The summed E-state index contributed by atoms with van der Waals surface area (Å²) in [7, 11) is 1.57. The van der Waals surface area contributed by atoms with Crippen LogP contribution in [0, 0.1) is 0 Å². The first-order chi connectivity index (χ1) is 13.1. The average molecular weight is 437 g/mol. The zero-order valence-corrected chi connectivity index (χ0v) is 16.7. The molecule has 2 fully saturated rings. The zero-order chi connectivity index (χ0) is 19.0. The molecule has 0 bridgehead atoms. The van der Waals surface area contributed by atoms with E-state index in [2.05, 4.69) is 15.9 Å². The first kappa shape index (κ1) is 18.3. The van der Waals surface area contributed by atoms with Crippen LogP contribution in [-0.2, 0) is 9.53 Å². The second-order valence-corrected chi connectivity index (χ2v) is 7.54. The molecule has 0 radical (unpaired) electrons. The Morgan fingerprint density at radius 1 is 1.15 bits per heavy atom. The van der Waals surface area contributed by atoms with Crippen LogP contribution in [-0.4, -0.2) is 67.6 Å². The van der Waals surface area contributed by atoms with Crippen LogP contribution in [0.15, 0.2) is 27.3 Å². The number of rotatable bonds is 3. The maximum atomic E-state index is 12.9. The molecule has 1 aromatic carbocycles. The number of fused-ring (bicyclic) bond motifs is 1. The molecule has 0 aliphatic carbocycles. The number of hydrogen-bond donors (Lipinski definition) is 0. The third-order valence-corrected chi connectivity index (χ3v) is 5.51. The van der Waals surface area contributed by atoms with Crippen molar-refractivity contribution in [3.63, 3.8) is 0 Å². The van der Waals surface area contributed by atoms with Crippen LogP contribution in [0.5, 0.6) is 5.75 Å². The van der Waals surface area contributed by atoms with E-state index in [1.165, 1.54) is 0 Å². The van der Waals surface area contributed by atoms with Crippen molar-refractivity contribution in [1.29, 1.82) is 0 Å². The number of carbonyl (C=O) groups excluding carboxylic acids is 2. The number of amides is 2. The van der Waals surface area contributed by atoms with Gasteiger partial charge in [0, 0.05) is 44.4 Å². The first-order valence-electron chi connectivity index (χ1n) is 9.03. The number of carbonyl (C=O) groups is 2. The summed E-state index contributed by atoms with van der Waals surface area (Å²) in [6.07, 6.45) is 1.41. The molecule has 0 saturated carbocycles. The van der Waals surface area contributed by atoms with Gasteiger partial charge in [0.25, 0.3) is 11.8 Å². The molecule has 1 unspecified atom stereocenters. The molecule has 2 aromatic rings. The fraction of sp³-hybridized carbons (Fsp3) is 0.474. The van der Waals surface area contributed by atoms with Crippen LogP contribution in [0.3, 0.4) is 0 Å². The molecule has 3 heterocycles. The van der Waals surface area contributed by atoms with Crippen molar-refractivity contribution in [1.82, 2.24) is 9.80 Å². The van der Waals surface area contributed by atoms with Gasteiger partial charge in [-0.25, -0.2) is 0 Å². The van der Waals surface area contributed by atoms with Crippen molar-refractivity contribution in [3.05, 3.63) is 28.4 Å². The number of hydrogen-bond acceptors (Lipinski definition) is 5. The fourth-order valence-electron chi connectivity index (χ4n) is 3.66. The number of ether oxygens (including phenoxy) is 2. The molecule has 8 heteroatoms. The van der Waals surface area contributed by atoms with Gasteiger partial charge in [0.2, 0.25) is 0 Å². The Hall–Kier alpha value is -2.06. The van der Waals surface area contributed by atoms with Crippen LogP contribution in [0.2, 0.25) is 0 Å². The molecule has 1 atom stereocenters. The second-order valence-electron chi connectivity index (χ2n) is 6.76. The SMILES string of the molecule is COc1cc(C(=O)N2CCN(C(=O)C3CCCO3)CC2)cc2oc(Br)cc12. The standard InChI is InChI=1S/C19H21BrN2O5/c1-25-15-9-12(10-16-13(15)11-17(20)27-16)18(23)21-4-6-22(7-5-21)19(24)14-3-2-8-26-14/h9-11,14H,2-8H2,1H3. The fourth-order valence-corrected chi connectivity index (χ4v) is 4.06. The van der Waals surface area contributed by atoms with Crippen LogP contribution in [0.25, 0.3) is 11.0 Å². The Morgan fingerprint density at radius 3 is 2.56 bits per heavy atom. The molecule has 0 N–H and O–H groups in total. The summed E-state index contributed by atoms with van der Waals surface area (Å²) in [6, 6.07) is 5.28. The van der Waals surface area contributed by atoms with Crippen molar-refractivity contribution >= 4 is 38.7 Å². The van der Waals surface area contributed by atoms with E-state index >= 15 is 0 Å². The van der Waals surface area contributed by atoms with Crippen molar-refractivity contribution < 1.29 is 23.5 Å². The minimum atomic E-state index is -0.309. The molecule has 4 rings (SSSR count). The quantitative estimate of drug-likeness (QED) is 0.739. The lowest BCUT2D eigenvalue weighted by atomic mass is 10.1. The molecule has 27 heavy (non-hydrogen) atoms. The van der Waals surface area contributed by atoms with Crippen molar-refractivity contribution in [3.8, 4) is 5.75 Å². The summed E-state index contributed by atoms with van der Waals surface area (Å²) in [5.41, 5.74) is 1.11. The maximum Gasteiger partial charge on any atom is 0.254 e. The van der Waals surface area contributed by atoms with Gasteiger partial charge in [0.1, 0.15) is 17.4 Å². The maximum absolute atomic E-state index is 12.9. The van der Waals surface area contributed by atoms with Crippen molar-refractivity contribution in [2.45, 2.75) is 18.9 Å². The molecule has 2 aliphatic heterocycles. The highest BCUT2D eigenvalue weighted by Crippen LogP contribution is 2.33. The van der Waals surface area contributed by atoms with Gasteiger partial charge >= 0.3 is 0 Å². The van der Waals surface area contributed by atoms with E-state index in [-0.39, 0.29) is 17.9 Å². The van der Waals surface area contributed by atoms with Crippen LogP contribution >= 0.6 is 15.9 Å². The highest BCUT2D eigenvalue weighted by Gasteiger charge is 2.31. The van der Waals surface area contributed by atoms with Gasteiger partial charge in [-0.1, -0.05) is 0 Å². The van der Waals surface area contributed by atoms with Crippen molar-refractivity contribution in [2.75, 3.05) is 39.9 Å². The third kappa shape index (κ3) is 3.55. The first-order valence-corrected chi connectivity index (χ1v) is 9.83. The van der Waals surface area contributed by atoms with Crippen LogP contribution in [0.4, 0.5) is 0 Å². The smallest absolute Gasteiger partial charge is 0.254 e. The lowest BCUT2D eigenvalue weighted by Crippen LogP contribution is -2.52. The summed E-state index contributed by atoms with van der Waals surface area (Å²) in [6.45, 7) is 2.70. The lowest BCUT2D eigenvalue weighted by molar-refractivity contribution is -0.142. The Balaban J connectivity index is 1.46. The monoisotopic (exact) mass is 436 g/mol. The third-order valence-electron chi connectivity index (χ3n) is 5.12. The number of piperazine rings is 1. The number of benzene rings is 1. The minimum Gasteiger partial charge on any atom is -0.496 e. The molecule has 2 saturated heterocycles. The van der Waals surface area contributed by atoms with Gasteiger partial charge in [-0.2, -0.15) is 0 Å². The van der Waals surface area contributed by atoms with Gasteiger partial charge in [0.05, 0.1) is 12.5 Å². The van der Waals surface area contributed by atoms with Gasteiger partial charge in [-0.05, 0) is 40.9 Å². The molecule has 0 spiro atoms. The molecule has 2 aliphatic rings. The Kier molecular flexibility index (Phi) is 5.10. The van der Waals surface area contributed by atoms with Gasteiger partial charge < -0.3 is 23.7 Å². The molecule has 7 nitrogen and oxygen atoms in total. The van der Waals surface area contributed by atoms with E-state index in [0.717, 1.165) is 18.2 Å². The highest BCUT2D eigenvalue weighted by atomic mass is 79.9. The summed E-state index contributed by atoms with van der Waals surface area (Å²) in [5, 5.41) is 0.813. The summed E-state index contributed by atoms with van der Waals surface area (Å²) in [4.78, 5) is 28.9. The van der Waals surface area contributed by atoms with E-state index in [9.17, 15) is 9.59 Å². The average Bonchev–Trinajstić information content (AvgIpc) is 3.35. The number of halogens is 1. The summed E-state index contributed by atoms with van der Waals surface area (Å²) < 4.78 is 17.1. The molecular weight excluding hydrogens is 416 g/mol. The van der Waals surface area contributed by atoms with Crippen molar-refractivity contribution in [2.24, 2.45) is 0 Å². The molecular formula is C19H21BrN2O5. The summed E-state index contributed by atoms with van der Waals surface area (Å²) in [5.74, 6) is 0.549. The predicted octanol–water partition coefficient (Wildman–Crippen LogP) is 2.67. The van der Waals surface area contributed by atoms with E-state index in [4.69, 9.17) is 13.9 Å². The number of nitrogens with zero attached hydrogens (tertiary/aromatic N) is 2. The number of furan rings is 1. The molecule has 144 valence electrons. The van der Waals surface area contributed by atoms with Crippen LogP contribution < -0.4 is 4.74 Å². The zero-order valence-electron chi connectivity index (χ0n) is 15.1. The summed E-state index contributed by atoms with van der Waals surface area (Å²) >= 11 is 3.31. The van der Waals surface area contributed by atoms with Gasteiger partial charge in [-0.15, -0.1) is 0 Å². The van der Waals surface area contributed by atoms with E-state index in [1.807, 2.05) is 6.07 Å². The Bertz CT molecular complexity index is 866. The minimum absolute atomic E-state index is 0.0446.